The molecule has 5 heteroatoms. The van der Waals surface area contributed by atoms with Crippen LogP contribution in [0.3, 0.4) is 0 Å². The lowest BCUT2D eigenvalue weighted by atomic mass is 10.2. The van der Waals surface area contributed by atoms with Crippen LogP contribution in [0.15, 0.2) is 46.9 Å². The van der Waals surface area contributed by atoms with Crippen molar-refractivity contribution in [2.24, 2.45) is 0 Å². The molecule has 0 aliphatic heterocycles. The molecule has 0 aliphatic carbocycles. The number of amides is 1. The molecule has 152 valence electrons. The minimum atomic E-state index is -0.165. The summed E-state index contributed by atoms with van der Waals surface area (Å²) in [4.78, 5) is 12.5. The number of hydrogen-bond donors (Lipinski definition) is 1. The van der Waals surface area contributed by atoms with Gasteiger partial charge >= 0.3 is 0 Å². The van der Waals surface area contributed by atoms with Crippen LogP contribution in [0.2, 0.25) is 0 Å². The van der Waals surface area contributed by atoms with E-state index in [2.05, 4.69) is 28.2 Å². The van der Waals surface area contributed by atoms with Gasteiger partial charge < -0.3 is 14.8 Å². The number of anilines is 1. The summed E-state index contributed by atoms with van der Waals surface area (Å²) in [6.45, 7) is 6.88. The van der Waals surface area contributed by atoms with Gasteiger partial charge in [-0.05, 0) is 78.7 Å². The zero-order valence-corrected chi connectivity index (χ0v) is 18.6. The van der Waals surface area contributed by atoms with E-state index in [0.717, 1.165) is 34.7 Å². The SMILES string of the molecule is CCCCCCCOc1ccc(NC(=O)c2ccc(OC(C)C)c(Br)c2)cc1. The summed E-state index contributed by atoms with van der Waals surface area (Å²) in [7, 11) is 0. The van der Waals surface area contributed by atoms with Gasteiger partial charge in [-0.1, -0.05) is 32.6 Å². The minimum absolute atomic E-state index is 0.0769. The van der Waals surface area contributed by atoms with Gasteiger partial charge in [0, 0.05) is 11.3 Å². The third-order valence-corrected chi connectivity index (χ3v) is 4.81. The number of hydrogen-bond acceptors (Lipinski definition) is 3. The molecule has 2 aromatic carbocycles. The predicted molar refractivity (Wildman–Crippen MR) is 119 cm³/mol. The van der Waals surface area contributed by atoms with Gasteiger partial charge in [0.1, 0.15) is 11.5 Å². The topological polar surface area (TPSA) is 47.6 Å². The molecule has 0 fully saturated rings. The third kappa shape index (κ3) is 7.55. The number of carbonyl (C=O) groups excluding carboxylic acids is 1. The van der Waals surface area contributed by atoms with Gasteiger partial charge in [-0.2, -0.15) is 0 Å². The molecule has 0 bridgehead atoms. The van der Waals surface area contributed by atoms with Crippen molar-refractivity contribution in [2.75, 3.05) is 11.9 Å². The summed E-state index contributed by atoms with van der Waals surface area (Å²) in [6, 6.07) is 12.8. The lowest BCUT2D eigenvalue weighted by Gasteiger charge is -2.13. The van der Waals surface area contributed by atoms with E-state index in [0.29, 0.717) is 5.56 Å². The van der Waals surface area contributed by atoms with Crippen LogP contribution in [0.1, 0.15) is 63.2 Å². The van der Waals surface area contributed by atoms with Crippen molar-refractivity contribution in [2.45, 2.75) is 59.0 Å². The quantitative estimate of drug-likeness (QED) is 0.383. The Morgan fingerprint density at radius 1 is 1.04 bits per heavy atom. The molecule has 28 heavy (non-hydrogen) atoms. The molecule has 2 rings (SSSR count). The molecule has 1 N–H and O–H groups in total. The Labute approximate surface area is 176 Å². The Kier molecular flexibility index (Phi) is 9.35. The second kappa shape index (κ2) is 11.7. The number of benzene rings is 2. The molecule has 0 heterocycles. The van der Waals surface area contributed by atoms with Gasteiger partial charge in [-0.15, -0.1) is 0 Å². The zero-order valence-electron chi connectivity index (χ0n) is 17.0. The number of halogens is 1. The molecule has 0 aromatic heterocycles. The van der Waals surface area contributed by atoms with E-state index < -0.39 is 0 Å². The summed E-state index contributed by atoms with van der Waals surface area (Å²) in [5, 5.41) is 2.91. The second-order valence-corrected chi connectivity index (χ2v) is 7.91. The first-order valence-electron chi connectivity index (χ1n) is 10.00. The third-order valence-electron chi connectivity index (χ3n) is 4.19. The highest BCUT2D eigenvalue weighted by molar-refractivity contribution is 9.10. The van der Waals surface area contributed by atoms with E-state index in [-0.39, 0.29) is 12.0 Å². The molecule has 0 radical (unpaired) electrons. The number of ether oxygens (including phenoxy) is 2. The van der Waals surface area contributed by atoms with Crippen LogP contribution in [0.4, 0.5) is 5.69 Å². The Bertz CT molecular complexity index is 744. The summed E-state index contributed by atoms with van der Waals surface area (Å²) < 4.78 is 12.2. The largest absolute Gasteiger partial charge is 0.494 e. The van der Waals surface area contributed by atoms with Crippen molar-refractivity contribution in [3.05, 3.63) is 52.5 Å². The van der Waals surface area contributed by atoms with Crippen LogP contribution in [0.25, 0.3) is 0 Å². The standard InChI is InChI=1S/C23H30BrNO3/c1-4-5-6-7-8-15-27-20-12-10-19(11-13-20)25-23(26)18-9-14-22(21(24)16-18)28-17(2)3/h9-14,16-17H,4-8,15H2,1-3H3,(H,25,26). The maximum atomic E-state index is 12.5. The van der Waals surface area contributed by atoms with Gasteiger partial charge in [-0.25, -0.2) is 0 Å². The Morgan fingerprint density at radius 3 is 2.39 bits per heavy atom. The lowest BCUT2D eigenvalue weighted by molar-refractivity contribution is 0.102. The first-order chi connectivity index (χ1) is 13.5. The molecule has 0 spiro atoms. The molecule has 0 aliphatic rings. The van der Waals surface area contributed by atoms with E-state index >= 15 is 0 Å². The van der Waals surface area contributed by atoms with Gasteiger partial charge in [0.15, 0.2) is 0 Å². The number of unbranched alkanes of at least 4 members (excludes halogenated alkanes) is 4. The van der Waals surface area contributed by atoms with Gasteiger partial charge in [0.25, 0.3) is 5.91 Å². The maximum Gasteiger partial charge on any atom is 0.255 e. The summed E-state index contributed by atoms with van der Waals surface area (Å²) in [6.07, 6.45) is 6.17. The first-order valence-corrected chi connectivity index (χ1v) is 10.8. The first kappa shape index (κ1) is 22.3. The molecule has 4 nitrogen and oxygen atoms in total. The van der Waals surface area contributed by atoms with Crippen LogP contribution in [-0.4, -0.2) is 18.6 Å². The fraction of sp³-hybridized carbons (Fsp3) is 0.435. The summed E-state index contributed by atoms with van der Waals surface area (Å²) in [5.74, 6) is 1.38. The van der Waals surface area contributed by atoms with Crippen LogP contribution in [-0.2, 0) is 0 Å². The van der Waals surface area contributed by atoms with Crippen molar-refractivity contribution in [1.29, 1.82) is 0 Å². The van der Waals surface area contributed by atoms with Crippen molar-refractivity contribution in [3.8, 4) is 11.5 Å². The second-order valence-electron chi connectivity index (χ2n) is 7.05. The van der Waals surface area contributed by atoms with E-state index in [1.807, 2.05) is 38.1 Å². The zero-order chi connectivity index (χ0) is 20.4. The van der Waals surface area contributed by atoms with E-state index in [1.54, 1.807) is 18.2 Å². The maximum absolute atomic E-state index is 12.5. The normalized spacial score (nSPS) is 10.8. The highest BCUT2D eigenvalue weighted by atomic mass is 79.9. The molecule has 0 saturated heterocycles. The highest BCUT2D eigenvalue weighted by Crippen LogP contribution is 2.27. The van der Waals surface area contributed by atoms with E-state index in [9.17, 15) is 4.79 Å². The van der Waals surface area contributed by atoms with Gasteiger partial charge in [-0.3, -0.25) is 4.79 Å². The van der Waals surface area contributed by atoms with Gasteiger partial charge in [0.05, 0.1) is 17.2 Å². The van der Waals surface area contributed by atoms with Crippen molar-refractivity contribution in [1.82, 2.24) is 0 Å². The average Bonchev–Trinajstić information content (AvgIpc) is 2.67. The summed E-state index contributed by atoms with van der Waals surface area (Å²) in [5.41, 5.74) is 1.30. The van der Waals surface area contributed by atoms with Crippen LogP contribution in [0.5, 0.6) is 11.5 Å². The molecule has 0 saturated carbocycles. The van der Waals surface area contributed by atoms with E-state index in [1.165, 1.54) is 25.7 Å². The Morgan fingerprint density at radius 2 is 1.75 bits per heavy atom. The molecular weight excluding hydrogens is 418 g/mol. The minimum Gasteiger partial charge on any atom is -0.494 e. The van der Waals surface area contributed by atoms with Crippen LogP contribution < -0.4 is 14.8 Å². The monoisotopic (exact) mass is 447 g/mol. The van der Waals surface area contributed by atoms with Crippen molar-refractivity contribution >= 4 is 27.5 Å². The van der Waals surface area contributed by atoms with Crippen molar-refractivity contribution in [3.63, 3.8) is 0 Å². The Balaban J connectivity index is 1.84. The summed E-state index contributed by atoms with van der Waals surface area (Å²) >= 11 is 3.46. The van der Waals surface area contributed by atoms with E-state index in [4.69, 9.17) is 9.47 Å². The number of carbonyl (C=O) groups is 1. The lowest BCUT2D eigenvalue weighted by Crippen LogP contribution is -2.12. The molecule has 1 amide bonds. The fourth-order valence-electron chi connectivity index (χ4n) is 2.72. The van der Waals surface area contributed by atoms with Gasteiger partial charge in [0.2, 0.25) is 0 Å². The highest BCUT2D eigenvalue weighted by Gasteiger charge is 2.10. The van der Waals surface area contributed by atoms with Crippen molar-refractivity contribution < 1.29 is 14.3 Å². The molecule has 0 atom stereocenters. The number of rotatable bonds is 11. The van der Waals surface area contributed by atoms with Crippen LogP contribution in [0, 0.1) is 0 Å². The fourth-order valence-corrected chi connectivity index (χ4v) is 3.20. The predicted octanol–water partition coefficient (Wildman–Crippen LogP) is 6.84. The number of nitrogens with one attached hydrogen (secondary N) is 1. The smallest absolute Gasteiger partial charge is 0.255 e. The molecule has 0 unspecified atom stereocenters. The van der Waals surface area contributed by atoms with Crippen LogP contribution >= 0.6 is 15.9 Å². The molecule has 2 aromatic rings. The Hall–Kier alpha value is -2.01. The molecular formula is C23H30BrNO3. The average molecular weight is 448 g/mol.